The molecular weight excluding hydrogens is 278 g/mol. The molecule has 3 nitrogen and oxygen atoms in total. The molecular formula is C14H18ClN3S. The predicted molar refractivity (Wildman–Crippen MR) is 82.0 cm³/mol. The van der Waals surface area contributed by atoms with Gasteiger partial charge in [-0.15, -0.1) is 11.6 Å². The van der Waals surface area contributed by atoms with E-state index in [2.05, 4.69) is 22.7 Å². The van der Waals surface area contributed by atoms with Crippen LogP contribution in [0.15, 0.2) is 12.3 Å². The second kappa shape index (κ2) is 4.67. The molecule has 0 radical (unpaired) electrons. The van der Waals surface area contributed by atoms with Gasteiger partial charge in [0.05, 0.1) is 5.38 Å². The highest BCUT2D eigenvalue weighted by Crippen LogP contribution is 2.49. The Morgan fingerprint density at radius 2 is 2.26 bits per heavy atom. The van der Waals surface area contributed by atoms with E-state index in [1.807, 2.05) is 30.9 Å². The van der Waals surface area contributed by atoms with Gasteiger partial charge in [-0.05, 0) is 44.6 Å². The van der Waals surface area contributed by atoms with Crippen molar-refractivity contribution in [3.8, 4) is 0 Å². The minimum atomic E-state index is -0.0914. The molecule has 1 unspecified atom stereocenters. The van der Waals surface area contributed by atoms with Crippen LogP contribution in [0.4, 0.5) is 0 Å². The Morgan fingerprint density at radius 1 is 1.53 bits per heavy atom. The second-order valence-corrected chi connectivity index (χ2v) is 7.29. The number of hydrogen-bond donors (Lipinski definition) is 0. The Bertz CT molecular complexity index is 616. The van der Waals surface area contributed by atoms with E-state index in [1.54, 1.807) is 0 Å². The summed E-state index contributed by atoms with van der Waals surface area (Å²) < 4.78 is 2.60. The summed E-state index contributed by atoms with van der Waals surface area (Å²) in [6.07, 6.45) is 6.59. The van der Waals surface area contributed by atoms with Crippen LogP contribution in [0.25, 0.3) is 11.2 Å². The maximum atomic E-state index is 6.31. The summed E-state index contributed by atoms with van der Waals surface area (Å²) in [5, 5.41) is -0.0914. The number of hydrogen-bond acceptors (Lipinski definition) is 3. The first kappa shape index (κ1) is 13.3. The highest BCUT2D eigenvalue weighted by Gasteiger charge is 2.43. The van der Waals surface area contributed by atoms with Gasteiger partial charge in [0.15, 0.2) is 5.65 Å². The summed E-state index contributed by atoms with van der Waals surface area (Å²) >= 11 is 8.26. The zero-order chi connectivity index (χ0) is 13.6. The summed E-state index contributed by atoms with van der Waals surface area (Å²) in [5.74, 6) is 0.943. The number of imidazole rings is 1. The molecule has 1 aliphatic carbocycles. The van der Waals surface area contributed by atoms with Gasteiger partial charge in [0.2, 0.25) is 0 Å². The fraction of sp³-hybridized carbons (Fsp3) is 0.571. The monoisotopic (exact) mass is 295 g/mol. The van der Waals surface area contributed by atoms with Crippen molar-refractivity contribution in [2.24, 2.45) is 0 Å². The molecule has 0 bridgehead atoms. The van der Waals surface area contributed by atoms with Crippen molar-refractivity contribution in [1.82, 2.24) is 14.5 Å². The molecule has 1 fully saturated rings. The highest BCUT2D eigenvalue weighted by atomic mass is 35.5. The van der Waals surface area contributed by atoms with Crippen molar-refractivity contribution < 1.29 is 0 Å². The van der Waals surface area contributed by atoms with Gasteiger partial charge >= 0.3 is 0 Å². The van der Waals surface area contributed by atoms with Gasteiger partial charge in [-0.2, -0.15) is 11.8 Å². The minimum absolute atomic E-state index is 0.0914. The van der Waals surface area contributed by atoms with Crippen LogP contribution in [-0.2, 0) is 6.54 Å². The summed E-state index contributed by atoms with van der Waals surface area (Å²) in [4.78, 5) is 9.24. The first-order chi connectivity index (χ1) is 9.06. The SMILES string of the molecule is CSC1(Cn2c(C(C)Cl)nc3c(C)ccnc32)CC1. The molecule has 1 aliphatic rings. The van der Waals surface area contributed by atoms with Crippen LogP contribution in [0.2, 0.25) is 0 Å². The smallest absolute Gasteiger partial charge is 0.160 e. The Kier molecular flexibility index (Phi) is 3.26. The molecule has 0 saturated heterocycles. The first-order valence-electron chi connectivity index (χ1n) is 6.57. The summed E-state index contributed by atoms with van der Waals surface area (Å²) in [5.41, 5.74) is 3.13. The molecule has 0 N–H and O–H groups in total. The maximum absolute atomic E-state index is 6.31. The van der Waals surface area contributed by atoms with Crippen LogP contribution in [0.1, 0.15) is 36.5 Å². The number of aryl methyl sites for hydroxylation is 1. The van der Waals surface area contributed by atoms with E-state index in [1.165, 1.54) is 12.8 Å². The topological polar surface area (TPSA) is 30.7 Å². The quantitative estimate of drug-likeness (QED) is 0.801. The molecule has 2 aromatic rings. The fourth-order valence-corrected chi connectivity index (χ4v) is 3.40. The lowest BCUT2D eigenvalue weighted by molar-refractivity contribution is 0.635. The number of pyridine rings is 1. The van der Waals surface area contributed by atoms with E-state index in [4.69, 9.17) is 16.6 Å². The van der Waals surface area contributed by atoms with Gasteiger partial charge in [-0.1, -0.05) is 0 Å². The Labute approximate surface area is 122 Å². The van der Waals surface area contributed by atoms with E-state index in [-0.39, 0.29) is 5.38 Å². The standard InChI is InChI=1S/C14H18ClN3S/c1-9-4-7-16-13-11(9)17-12(10(2)15)18(13)8-14(19-3)5-6-14/h4,7,10H,5-6,8H2,1-3H3. The molecule has 5 heteroatoms. The van der Waals surface area contributed by atoms with Gasteiger partial charge in [-0.25, -0.2) is 9.97 Å². The summed E-state index contributed by atoms with van der Waals surface area (Å²) in [6.45, 7) is 5.02. The van der Waals surface area contributed by atoms with Gasteiger partial charge in [0.25, 0.3) is 0 Å². The number of fused-ring (bicyclic) bond motifs is 1. The Hall–Kier alpha value is -0.740. The zero-order valence-corrected chi connectivity index (χ0v) is 13.1. The van der Waals surface area contributed by atoms with Crippen molar-refractivity contribution in [2.45, 2.75) is 43.4 Å². The van der Waals surface area contributed by atoms with Crippen LogP contribution in [0, 0.1) is 6.92 Å². The average molecular weight is 296 g/mol. The van der Waals surface area contributed by atoms with E-state index in [9.17, 15) is 0 Å². The third-order valence-electron chi connectivity index (χ3n) is 3.91. The van der Waals surface area contributed by atoms with E-state index >= 15 is 0 Å². The molecule has 0 amide bonds. The van der Waals surface area contributed by atoms with Gasteiger partial charge in [0, 0.05) is 17.5 Å². The van der Waals surface area contributed by atoms with E-state index < -0.39 is 0 Å². The molecule has 102 valence electrons. The molecule has 0 spiro atoms. The fourth-order valence-electron chi connectivity index (χ4n) is 2.47. The Balaban J connectivity index is 2.14. The highest BCUT2D eigenvalue weighted by molar-refractivity contribution is 8.00. The van der Waals surface area contributed by atoms with Crippen LogP contribution < -0.4 is 0 Å². The molecule has 19 heavy (non-hydrogen) atoms. The second-order valence-electron chi connectivity index (χ2n) is 5.36. The zero-order valence-electron chi connectivity index (χ0n) is 11.5. The third kappa shape index (κ3) is 2.25. The van der Waals surface area contributed by atoms with Crippen LogP contribution in [-0.4, -0.2) is 25.5 Å². The summed E-state index contributed by atoms with van der Waals surface area (Å²) in [6, 6.07) is 2.00. The third-order valence-corrected chi connectivity index (χ3v) is 5.51. The van der Waals surface area contributed by atoms with Crippen LogP contribution in [0.3, 0.4) is 0 Å². The van der Waals surface area contributed by atoms with E-state index in [0.717, 1.165) is 29.1 Å². The van der Waals surface area contributed by atoms with Crippen LogP contribution >= 0.6 is 23.4 Å². The number of halogens is 1. The number of aromatic nitrogens is 3. The van der Waals surface area contributed by atoms with Crippen molar-refractivity contribution >= 4 is 34.5 Å². The number of nitrogens with zero attached hydrogens (tertiary/aromatic N) is 3. The summed E-state index contributed by atoms with van der Waals surface area (Å²) in [7, 11) is 0. The van der Waals surface area contributed by atoms with E-state index in [0.29, 0.717) is 4.75 Å². The maximum Gasteiger partial charge on any atom is 0.160 e. The Morgan fingerprint density at radius 3 is 2.84 bits per heavy atom. The molecule has 1 atom stereocenters. The van der Waals surface area contributed by atoms with Gasteiger partial charge in [0.1, 0.15) is 11.3 Å². The normalized spacial score (nSPS) is 18.7. The molecule has 1 saturated carbocycles. The first-order valence-corrected chi connectivity index (χ1v) is 8.23. The molecule has 2 heterocycles. The largest absolute Gasteiger partial charge is 0.310 e. The lowest BCUT2D eigenvalue weighted by Gasteiger charge is -2.16. The number of thioether (sulfide) groups is 1. The van der Waals surface area contributed by atoms with Crippen molar-refractivity contribution in [3.05, 3.63) is 23.7 Å². The minimum Gasteiger partial charge on any atom is -0.310 e. The number of rotatable bonds is 4. The number of alkyl halides is 1. The predicted octanol–water partition coefficient (Wildman–Crippen LogP) is 3.94. The van der Waals surface area contributed by atoms with Crippen LogP contribution in [0.5, 0.6) is 0 Å². The van der Waals surface area contributed by atoms with Gasteiger partial charge < -0.3 is 4.57 Å². The molecule has 2 aromatic heterocycles. The van der Waals surface area contributed by atoms with Gasteiger partial charge in [-0.3, -0.25) is 0 Å². The molecule has 0 aliphatic heterocycles. The average Bonchev–Trinajstić information content (AvgIpc) is 3.06. The van der Waals surface area contributed by atoms with Crippen molar-refractivity contribution in [3.63, 3.8) is 0 Å². The van der Waals surface area contributed by atoms with Crippen molar-refractivity contribution in [1.29, 1.82) is 0 Å². The molecule has 0 aromatic carbocycles. The lowest BCUT2D eigenvalue weighted by atomic mass is 10.3. The molecule has 3 rings (SSSR count). The lowest BCUT2D eigenvalue weighted by Crippen LogP contribution is -2.16. The van der Waals surface area contributed by atoms with Crippen molar-refractivity contribution in [2.75, 3.05) is 6.26 Å².